The monoisotopic (exact) mass is 172 g/mol. The molecule has 0 aliphatic rings. The van der Waals surface area contributed by atoms with Crippen LogP contribution in [0.15, 0.2) is 9.59 Å². The first kappa shape index (κ1) is 7.98. The Hall–Kier alpha value is -2.12. The molecule has 0 bridgehead atoms. The first-order chi connectivity index (χ1) is 5.70. The van der Waals surface area contributed by atoms with Gasteiger partial charge in [0.2, 0.25) is 12.8 Å². The molecule has 0 aliphatic carbocycles. The number of aromatic nitrogens is 3. The third-order valence-electron chi connectivity index (χ3n) is 1.10. The molecule has 8 nitrogen and oxygen atoms in total. The number of hydrogen-bond donors (Lipinski definition) is 2. The van der Waals surface area contributed by atoms with E-state index in [1.165, 1.54) is 0 Å². The third-order valence-corrected chi connectivity index (χ3v) is 1.10. The topological polar surface area (TPSA) is 106 Å². The Kier molecular flexibility index (Phi) is 1.90. The SMILES string of the molecule is O=CNn1c(=O)[nH]n(C=O)c1=O. The number of nitrogens with zero attached hydrogens (tertiary/aromatic N) is 2. The van der Waals surface area contributed by atoms with Crippen molar-refractivity contribution in [2.24, 2.45) is 0 Å². The number of rotatable bonds is 3. The van der Waals surface area contributed by atoms with Gasteiger partial charge >= 0.3 is 11.4 Å². The van der Waals surface area contributed by atoms with Crippen LogP contribution < -0.4 is 16.8 Å². The molecule has 8 heteroatoms. The van der Waals surface area contributed by atoms with Crippen LogP contribution in [-0.4, -0.2) is 27.3 Å². The van der Waals surface area contributed by atoms with Gasteiger partial charge in [0.15, 0.2) is 0 Å². The average Bonchev–Trinajstić information content (AvgIpc) is 2.32. The molecule has 64 valence electrons. The minimum atomic E-state index is -0.956. The van der Waals surface area contributed by atoms with Gasteiger partial charge in [0.1, 0.15) is 0 Å². The van der Waals surface area contributed by atoms with E-state index in [9.17, 15) is 19.2 Å². The van der Waals surface area contributed by atoms with Crippen LogP contribution in [0.1, 0.15) is 0 Å². The zero-order valence-electron chi connectivity index (χ0n) is 5.68. The van der Waals surface area contributed by atoms with Gasteiger partial charge in [-0.25, -0.2) is 14.7 Å². The lowest BCUT2D eigenvalue weighted by Gasteiger charge is -1.89. The predicted octanol–water partition coefficient (Wildman–Crippen LogP) is -2.92. The predicted molar refractivity (Wildman–Crippen MR) is 36.9 cm³/mol. The number of amides is 1. The minimum absolute atomic E-state index is 0.118. The highest BCUT2D eigenvalue weighted by Crippen LogP contribution is 1.58. The lowest BCUT2D eigenvalue weighted by atomic mass is 11.1. The lowest BCUT2D eigenvalue weighted by molar-refractivity contribution is -0.106. The van der Waals surface area contributed by atoms with Gasteiger partial charge in [0, 0.05) is 0 Å². The number of aromatic amines is 1. The van der Waals surface area contributed by atoms with Crippen LogP contribution >= 0.6 is 0 Å². The molecule has 0 atom stereocenters. The van der Waals surface area contributed by atoms with E-state index in [2.05, 4.69) is 0 Å². The second-order valence-electron chi connectivity index (χ2n) is 1.76. The molecular formula is C4H4N4O4. The van der Waals surface area contributed by atoms with Crippen LogP contribution in [0.5, 0.6) is 0 Å². The summed E-state index contributed by atoms with van der Waals surface area (Å²) >= 11 is 0. The minimum Gasteiger partial charge on any atom is -0.277 e. The van der Waals surface area contributed by atoms with Gasteiger partial charge in [0.05, 0.1) is 0 Å². The molecule has 0 radical (unpaired) electrons. The Morgan fingerprint density at radius 3 is 2.42 bits per heavy atom. The van der Waals surface area contributed by atoms with Crippen molar-refractivity contribution in [3.8, 4) is 0 Å². The second kappa shape index (κ2) is 2.86. The molecule has 0 aromatic carbocycles. The zero-order valence-corrected chi connectivity index (χ0v) is 5.68. The van der Waals surface area contributed by atoms with Crippen LogP contribution in [0, 0.1) is 0 Å². The Morgan fingerprint density at radius 2 is 2.00 bits per heavy atom. The van der Waals surface area contributed by atoms with Gasteiger partial charge in [-0.05, 0) is 0 Å². The Bertz CT molecular complexity index is 409. The highest BCUT2D eigenvalue weighted by Gasteiger charge is 2.05. The zero-order chi connectivity index (χ0) is 9.14. The van der Waals surface area contributed by atoms with E-state index in [-0.39, 0.29) is 12.8 Å². The van der Waals surface area contributed by atoms with Gasteiger partial charge < -0.3 is 0 Å². The summed E-state index contributed by atoms with van der Waals surface area (Å²) in [6, 6.07) is 0. The molecule has 0 aliphatic heterocycles. The molecule has 1 aromatic rings. The summed E-state index contributed by atoms with van der Waals surface area (Å²) in [5.74, 6) is 0. The van der Waals surface area contributed by atoms with Gasteiger partial charge in [-0.2, -0.15) is 4.68 Å². The van der Waals surface area contributed by atoms with Gasteiger partial charge in [-0.3, -0.25) is 15.0 Å². The number of nitrogens with one attached hydrogen (secondary N) is 2. The summed E-state index contributed by atoms with van der Waals surface area (Å²) in [6.07, 6.45) is 0.262. The summed E-state index contributed by atoms with van der Waals surface area (Å²) < 4.78 is 0.764. The largest absolute Gasteiger partial charge is 0.373 e. The molecule has 12 heavy (non-hydrogen) atoms. The molecule has 0 spiro atoms. The fourth-order valence-corrected chi connectivity index (χ4v) is 0.633. The van der Waals surface area contributed by atoms with Crippen LogP contribution in [0.3, 0.4) is 0 Å². The van der Waals surface area contributed by atoms with Crippen LogP contribution in [0.4, 0.5) is 0 Å². The molecule has 0 fully saturated rings. The number of carbonyl (C=O) groups excluding carboxylic acids is 2. The van der Waals surface area contributed by atoms with Crippen LogP contribution in [0.25, 0.3) is 0 Å². The number of H-pyrrole nitrogens is 1. The highest BCUT2D eigenvalue weighted by atomic mass is 16.2. The standard InChI is InChI=1S/C4H4N4O4/c9-1-5-8-3(11)6-7(2-10)4(8)12/h1-2H,(H,5,9)(H,6,11). The fourth-order valence-electron chi connectivity index (χ4n) is 0.633. The summed E-state index contributed by atoms with van der Waals surface area (Å²) in [6.45, 7) is 0. The molecule has 1 amide bonds. The summed E-state index contributed by atoms with van der Waals surface area (Å²) in [5, 5.41) is 1.87. The highest BCUT2D eigenvalue weighted by molar-refractivity contribution is 5.56. The van der Waals surface area contributed by atoms with Crippen molar-refractivity contribution in [1.29, 1.82) is 0 Å². The van der Waals surface area contributed by atoms with Crippen molar-refractivity contribution in [3.05, 3.63) is 21.0 Å². The maximum atomic E-state index is 10.9. The van der Waals surface area contributed by atoms with Crippen molar-refractivity contribution >= 4 is 12.8 Å². The van der Waals surface area contributed by atoms with Crippen molar-refractivity contribution < 1.29 is 9.59 Å². The Balaban J connectivity index is 3.38. The smallest absolute Gasteiger partial charge is 0.277 e. The van der Waals surface area contributed by atoms with Gasteiger partial charge in [-0.1, -0.05) is 0 Å². The van der Waals surface area contributed by atoms with E-state index >= 15 is 0 Å². The Labute approximate surface area is 64.4 Å². The van der Waals surface area contributed by atoms with E-state index in [1.807, 2.05) is 5.10 Å². The maximum absolute atomic E-state index is 10.9. The molecule has 1 rings (SSSR count). The second-order valence-corrected chi connectivity index (χ2v) is 1.76. The van der Waals surface area contributed by atoms with Crippen molar-refractivity contribution in [2.75, 3.05) is 5.43 Å². The van der Waals surface area contributed by atoms with Crippen molar-refractivity contribution in [1.82, 2.24) is 14.5 Å². The van der Waals surface area contributed by atoms with Crippen molar-refractivity contribution in [2.45, 2.75) is 0 Å². The van der Waals surface area contributed by atoms with E-state index in [0.717, 1.165) is 0 Å². The quantitative estimate of drug-likeness (QED) is 0.476. The van der Waals surface area contributed by atoms with E-state index < -0.39 is 11.4 Å². The van der Waals surface area contributed by atoms with Crippen molar-refractivity contribution in [3.63, 3.8) is 0 Å². The average molecular weight is 172 g/mol. The van der Waals surface area contributed by atoms with Crippen LogP contribution in [0.2, 0.25) is 0 Å². The fraction of sp³-hybridized carbons (Fsp3) is 0. The van der Waals surface area contributed by atoms with Gasteiger partial charge in [0.25, 0.3) is 0 Å². The summed E-state index contributed by atoms with van der Waals surface area (Å²) in [4.78, 5) is 41.5. The first-order valence-electron chi connectivity index (χ1n) is 2.79. The number of hydrogen-bond acceptors (Lipinski definition) is 4. The molecule has 1 heterocycles. The Morgan fingerprint density at radius 1 is 1.33 bits per heavy atom. The molecule has 0 saturated heterocycles. The lowest BCUT2D eigenvalue weighted by Crippen LogP contribution is -2.35. The molecule has 1 aromatic heterocycles. The molecule has 0 unspecified atom stereocenters. The van der Waals surface area contributed by atoms with Crippen LogP contribution in [-0.2, 0) is 9.59 Å². The first-order valence-corrected chi connectivity index (χ1v) is 2.79. The molecule has 2 N–H and O–H groups in total. The van der Waals surface area contributed by atoms with Gasteiger partial charge in [-0.15, -0.1) is 4.68 Å². The third kappa shape index (κ3) is 1.05. The van der Waals surface area contributed by atoms with E-state index in [0.29, 0.717) is 9.36 Å². The summed E-state index contributed by atoms with van der Waals surface area (Å²) in [7, 11) is 0. The van der Waals surface area contributed by atoms with E-state index in [1.54, 1.807) is 5.43 Å². The number of carbonyl (C=O) groups is 2. The normalized spacial score (nSPS) is 9.33. The van der Waals surface area contributed by atoms with E-state index in [4.69, 9.17) is 0 Å². The molecule has 0 saturated carbocycles. The maximum Gasteiger partial charge on any atom is 0.373 e. The molecular weight excluding hydrogens is 168 g/mol. The summed E-state index contributed by atoms with van der Waals surface area (Å²) in [5.41, 5.74) is -0.0471.